The van der Waals surface area contributed by atoms with Crippen LogP contribution in [0.25, 0.3) is 0 Å². The Morgan fingerprint density at radius 3 is 2.26 bits per heavy atom. The van der Waals surface area contributed by atoms with E-state index >= 15 is 0 Å². The second-order valence-corrected chi connectivity index (χ2v) is 5.61. The predicted octanol–water partition coefficient (Wildman–Crippen LogP) is 4.20. The summed E-state index contributed by atoms with van der Waals surface area (Å²) in [4.78, 5) is 0. The molecule has 0 aromatic heterocycles. The molecule has 106 valence electrons. The zero-order valence-corrected chi connectivity index (χ0v) is 11.5. The molecule has 0 spiro atoms. The Morgan fingerprint density at radius 1 is 1.26 bits per heavy atom. The minimum Gasteiger partial charge on any atom is -0.316 e. The summed E-state index contributed by atoms with van der Waals surface area (Å²) in [5.41, 5.74) is 0.580. The van der Waals surface area contributed by atoms with Crippen molar-refractivity contribution in [3.63, 3.8) is 0 Å². The molecule has 1 nitrogen and oxygen atoms in total. The van der Waals surface area contributed by atoms with E-state index in [2.05, 4.69) is 19.2 Å². The van der Waals surface area contributed by atoms with E-state index in [9.17, 15) is 13.2 Å². The Balaban J connectivity index is 2.20. The van der Waals surface area contributed by atoms with Crippen LogP contribution in [-0.4, -0.2) is 13.1 Å². The first-order chi connectivity index (χ1) is 8.82. The number of hydrogen-bond acceptors (Lipinski definition) is 1. The molecule has 1 saturated carbocycles. The fraction of sp³-hybridized carbons (Fsp3) is 0.600. The predicted molar refractivity (Wildman–Crippen MR) is 70.0 cm³/mol. The van der Waals surface area contributed by atoms with Crippen LogP contribution in [0.15, 0.2) is 24.3 Å². The van der Waals surface area contributed by atoms with E-state index in [-0.39, 0.29) is 5.41 Å². The van der Waals surface area contributed by atoms with Crippen molar-refractivity contribution in [2.45, 2.75) is 44.8 Å². The monoisotopic (exact) mass is 271 g/mol. The summed E-state index contributed by atoms with van der Waals surface area (Å²) in [6.45, 7) is 4.35. The minimum absolute atomic E-state index is 0.133. The number of alkyl halides is 3. The number of hydrogen-bond donors (Lipinski definition) is 1. The van der Waals surface area contributed by atoms with Crippen molar-refractivity contribution in [3.05, 3.63) is 35.4 Å². The highest BCUT2D eigenvalue weighted by Gasteiger charge is 2.50. The third kappa shape index (κ3) is 2.38. The highest BCUT2D eigenvalue weighted by Crippen LogP contribution is 2.54. The summed E-state index contributed by atoms with van der Waals surface area (Å²) in [5.74, 6) is 0.345. The molecule has 0 radical (unpaired) electrons. The molecule has 0 aliphatic heterocycles. The maximum Gasteiger partial charge on any atom is 0.416 e. The molecule has 4 heteroatoms. The smallest absolute Gasteiger partial charge is 0.316 e. The standard InChI is InChI=1S/C15H20F3N/c1-4-14(2)12(9-13(14)19-3)10-5-7-11(8-6-10)15(16,17)18/h5-8,12-13,19H,4,9H2,1-3H3. The Bertz CT molecular complexity index is 438. The molecule has 2 rings (SSSR count). The van der Waals surface area contributed by atoms with Crippen LogP contribution in [0.3, 0.4) is 0 Å². The average Bonchev–Trinajstić information content (AvgIpc) is 2.36. The molecule has 1 aliphatic rings. The van der Waals surface area contributed by atoms with Crippen LogP contribution in [-0.2, 0) is 6.18 Å². The first-order valence-electron chi connectivity index (χ1n) is 6.67. The molecule has 0 bridgehead atoms. The van der Waals surface area contributed by atoms with Gasteiger partial charge in [0.15, 0.2) is 0 Å². The molecule has 1 aliphatic carbocycles. The Morgan fingerprint density at radius 2 is 1.84 bits per heavy atom. The van der Waals surface area contributed by atoms with Gasteiger partial charge in [-0.1, -0.05) is 26.0 Å². The van der Waals surface area contributed by atoms with Crippen molar-refractivity contribution in [2.75, 3.05) is 7.05 Å². The molecule has 1 N–H and O–H groups in total. The average molecular weight is 271 g/mol. The van der Waals surface area contributed by atoms with Gasteiger partial charge in [-0.3, -0.25) is 0 Å². The maximum atomic E-state index is 12.5. The normalized spacial score (nSPS) is 31.1. The van der Waals surface area contributed by atoms with Crippen molar-refractivity contribution >= 4 is 0 Å². The maximum absolute atomic E-state index is 12.5. The molecule has 0 heterocycles. The first kappa shape index (κ1) is 14.4. The lowest BCUT2D eigenvalue weighted by atomic mass is 9.54. The van der Waals surface area contributed by atoms with E-state index in [1.165, 1.54) is 12.1 Å². The van der Waals surface area contributed by atoms with E-state index in [0.717, 1.165) is 18.4 Å². The molecule has 1 fully saturated rings. The second-order valence-electron chi connectivity index (χ2n) is 5.61. The highest BCUT2D eigenvalue weighted by atomic mass is 19.4. The van der Waals surface area contributed by atoms with Crippen LogP contribution in [0.5, 0.6) is 0 Å². The van der Waals surface area contributed by atoms with E-state index in [1.807, 2.05) is 7.05 Å². The molecule has 0 amide bonds. The van der Waals surface area contributed by atoms with Gasteiger partial charge < -0.3 is 5.32 Å². The summed E-state index contributed by atoms with van der Waals surface area (Å²) < 4.78 is 37.6. The van der Waals surface area contributed by atoms with Gasteiger partial charge in [0.05, 0.1) is 5.56 Å². The fourth-order valence-corrected chi connectivity index (χ4v) is 3.22. The number of benzene rings is 1. The quantitative estimate of drug-likeness (QED) is 0.869. The molecule has 3 unspecified atom stereocenters. The zero-order chi connectivity index (χ0) is 14.3. The first-order valence-corrected chi connectivity index (χ1v) is 6.67. The van der Waals surface area contributed by atoms with Gasteiger partial charge in [-0.2, -0.15) is 13.2 Å². The Labute approximate surface area is 112 Å². The molecular formula is C15H20F3N. The lowest BCUT2D eigenvalue weighted by Crippen LogP contribution is -2.55. The van der Waals surface area contributed by atoms with Crippen LogP contribution < -0.4 is 5.32 Å². The molecule has 0 saturated heterocycles. The third-order valence-corrected chi connectivity index (χ3v) is 4.81. The van der Waals surface area contributed by atoms with Crippen LogP contribution in [0.4, 0.5) is 13.2 Å². The van der Waals surface area contributed by atoms with Crippen molar-refractivity contribution in [1.82, 2.24) is 5.32 Å². The van der Waals surface area contributed by atoms with Crippen molar-refractivity contribution < 1.29 is 13.2 Å². The lowest BCUT2D eigenvalue weighted by Gasteiger charge is -2.54. The van der Waals surface area contributed by atoms with E-state index in [4.69, 9.17) is 0 Å². The summed E-state index contributed by atoms with van der Waals surface area (Å²) in [5, 5.41) is 3.30. The summed E-state index contributed by atoms with van der Waals surface area (Å²) in [6, 6.07) is 6.10. The molecule has 3 atom stereocenters. The lowest BCUT2D eigenvalue weighted by molar-refractivity contribution is -0.137. The SMILES string of the molecule is CCC1(C)C(NC)CC1c1ccc(C(F)(F)F)cc1. The van der Waals surface area contributed by atoms with Gasteiger partial charge in [-0.25, -0.2) is 0 Å². The van der Waals surface area contributed by atoms with Crippen molar-refractivity contribution in [3.8, 4) is 0 Å². The largest absolute Gasteiger partial charge is 0.416 e. The molecule has 1 aromatic carbocycles. The molecular weight excluding hydrogens is 251 g/mol. The topological polar surface area (TPSA) is 12.0 Å². The molecule has 1 aromatic rings. The number of rotatable bonds is 3. The van der Waals surface area contributed by atoms with Crippen LogP contribution in [0, 0.1) is 5.41 Å². The Kier molecular flexibility index (Phi) is 3.65. The molecule has 19 heavy (non-hydrogen) atoms. The van der Waals surface area contributed by atoms with Crippen molar-refractivity contribution in [1.29, 1.82) is 0 Å². The van der Waals surface area contributed by atoms with E-state index < -0.39 is 11.7 Å². The zero-order valence-electron chi connectivity index (χ0n) is 11.5. The number of nitrogens with one attached hydrogen (secondary N) is 1. The third-order valence-electron chi connectivity index (χ3n) is 4.81. The van der Waals surface area contributed by atoms with Gasteiger partial charge in [0.1, 0.15) is 0 Å². The van der Waals surface area contributed by atoms with Crippen LogP contribution in [0.2, 0.25) is 0 Å². The van der Waals surface area contributed by atoms with E-state index in [0.29, 0.717) is 12.0 Å². The highest BCUT2D eigenvalue weighted by molar-refractivity contribution is 5.31. The Hall–Kier alpha value is -1.03. The van der Waals surface area contributed by atoms with Gasteiger partial charge in [-0.15, -0.1) is 0 Å². The summed E-state index contributed by atoms with van der Waals surface area (Å²) in [7, 11) is 1.95. The second kappa shape index (κ2) is 4.82. The summed E-state index contributed by atoms with van der Waals surface area (Å²) >= 11 is 0. The fourth-order valence-electron chi connectivity index (χ4n) is 3.22. The minimum atomic E-state index is -4.25. The van der Waals surface area contributed by atoms with Crippen LogP contribution in [0.1, 0.15) is 43.7 Å². The van der Waals surface area contributed by atoms with Gasteiger partial charge >= 0.3 is 6.18 Å². The van der Waals surface area contributed by atoms with Gasteiger partial charge in [0.25, 0.3) is 0 Å². The van der Waals surface area contributed by atoms with Gasteiger partial charge in [0.2, 0.25) is 0 Å². The van der Waals surface area contributed by atoms with E-state index in [1.54, 1.807) is 12.1 Å². The number of halogens is 3. The summed E-state index contributed by atoms with van der Waals surface area (Å²) in [6.07, 6.45) is -2.24. The van der Waals surface area contributed by atoms with Gasteiger partial charge in [0, 0.05) is 6.04 Å². The van der Waals surface area contributed by atoms with Gasteiger partial charge in [-0.05, 0) is 48.9 Å². The van der Waals surface area contributed by atoms with Crippen molar-refractivity contribution in [2.24, 2.45) is 5.41 Å². The van der Waals surface area contributed by atoms with Crippen LogP contribution >= 0.6 is 0 Å².